The number of likely N-dealkylation sites (N-methyl/N-ethyl adjacent to an activating group) is 1. The minimum Gasteiger partial charge on any atom is -0.379 e. The van der Waals surface area contributed by atoms with E-state index in [2.05, 4.69) is 30.7 Å². The summed E-state index contributed by atoms with van der Waals surface area (Å²) in [6.45, 7) is 10.9. The van der Waals surface area contributed by atoms with Crippen LogP contribution in [0.3, 0.4) is 0 Å². The van der Waals surface area contributed by atoms with Crippen LogP contribution in [0.1, 0.15) is 33.1 Å². The molecule has 0 unspecified atom stereocenters. The Morgan fingerprint density at radius 1 is 1.12 bits per heavy atom. The van der Waals surface area contributed by atoms with E-state index in [-0.39, 0.29) is 0 Å². The van der Waals surface area contributed by atoms with Gasteiger partial charge in [0.15, 0.2) is 0 Å². The topological polar surface area (TPSA) is 15.7 Å². The summed E-state index contributed by atoms with van der Waals surface area (Å²) in [5.41, 5.74) is 0. The molecule has 16 heavy (non-hydrogen) atoms. The Hall–Kier alpha value is -0.120. The molecule has 0 aromatic carbocycles. The molecule has 0 atom stereocenters. The molecule has 96 valence electrons. The summed E-state index contributed by atoms with van der Waals surface area (Å²) in [7, 11) is 2.15. The van der Waals surface area contributed by atoms with Gasteiger partial charge in [0, 0.05) is 19.1 Å². The van der Waals surface area contributed by atoms with Crippen molar-refractivity contribution in [1.82, 2.24) is 9.80 Å². The molecule has 1 aliphatic rings. The Morgan fingerprint density at radius 2 is 1.81 bits per heavy atom. The Morgan fingerprint density at radius 3 is 2.44 bits per heavy atom. The lowest BCUT2D eigenvalue weighted by Gasteiger charge is -2.26. The van der Waals surface area contributed by atoms with Crippen LogP contribution in [0.2, 0.25) is 0 Å². The van der Waals surface area contributed by atoms with Gasteiger partial charge in [-0.15, -0.1) is 0 Å². The van der Waals surface area contributed by atoms with Crippen molar-refractivity contribution in [2.75, 3.05) is 46.4 Å². The molecule has 0 amide bonds. The molecule has 1 aliphatic heterocycles. The molecule has 3 heteroatoms. The maximum absolute atomic E-state index is 5.67. The third-order valence-corrected chi connectivity index (χ3v) is 3.47. The quantitative estimate of drug-likeness (QED) is 0.618. The number of rotatable bonds is 7. The molecule has 0 saturated carbocycles. The van der Waals surface area contributed by atoms with Gasteiger partial charge in [0.1, 0.15) is 0 Å². The highest BCUT2D eigenvalue weighted by molar-refractivity contribution is 4.63. The first-order valence-corrected chi connectivity index (χ1v) is 6.70. The van der Waals surface area contributed by atoms with Crippen molar-refractivity contribution < 1.29 is 4.74 Å². The third-order valence-electron chi connectivity index (χ3n) is 3.47. The van der Waals surface area contributed by atoms with Crippen LogP contribution in [0.25, 0.3) is 0 Å². The van der Waals surface area contributed by atoms with Crippen LogP contribution in [0.4, 0.5) is 0 Å². The van der Waals surface area contributed by atoms with Gasteiger partial charge in [-0.2, -0.15) is 0 Å². The number of likely N-dealkylation sites (tertiary alicyclic amines) is 1. The summed E-state index contributed by atoms with van der Waals surface area (Å²) in [5.74, 6) is 0. The van der Waals surface area contributed by atoms with E-state index in [0.717, 1.165) is 26.3 Å². The van der Waals surface area contributed by atoms with E-state index in [0.29, 0.717) is 6.04 Å². The molecule has 0 aromatic rings. The van der Waals surface area contributed by atoms with Crippen molar-refractivity contribution in [2.45, 2.75) is 39.2 Å². The van der Waals surface area contributed by atoms with Crippen molar-refractivity contribution in [2.24, 2.45) is 0 Å². The number of piperidine rings is 1. The smallest absolute Gasteiger partial charge is 0.0594 e. The minimum atomic E-state index is 0.616. The van der Waals surface area contributed by atoms with E-state index in [1.54, 1.807) is 0 Å². The maximum Gasteiger partial charge on any atom is 0.0594 e. The van der Waals surface area contributed by atoms with Gasteiger partial charge in [-0.05, 0) is 46.8 Å². The van der Waals surface area contributed by atoms with Gasteiger partial charge in [-0.25, -0.2) is 0 Å². The first-order valence-electron chi connectivity index (χ1n) is 6.70. The molecule has 1 fully saturated rings. The van der Waals surface area contributed by atoms with E-state index in [9.17, 15) is 0 Å². The van der Waals surface area contributed by atoms with Crippen LogP contribution in [-0.4, -0.2) is 62.3 Å². The van der Waals surface area contributed by atoms with Gasteiger partial charge >= 0.3 is 0 Å². The normalized spacial score (nSPS) is 18.6. The number of ether oxygens (including phenoxy) is 1. The fourth-order valence-electron chi connectivity index (χ4n) is 1.95. The average molecular weight is 228 g/mol. The van der Waals surface area contributed by atoms with Crippen LogP contribution in [0.15, 0.2) is 0 Å². The molecule has 0 spiro atoms. The molecule has 0 aliphatic carbocycles. The lowest BCUT2D eigenvalue weighted by Crippen LogP contribution is -2.34. The minimum absolute atomic E-state index is 0.616. The molecule has 0 radical (unpaired) electrons. The molecular weight excluding hydrogens is 200 g/mol. The second kappa shape index (κ2) is 8.04. The summed E-state index contributed by atoms with van der Waals surface area (Å²) < 4.78 is 5.67. The predicted molar refractivity (Wildman–Crippen MR) is 68.9 cm³/mol. The molecule has 1 saturated heterocycles. The van der Waals surface area contributed by atoms with Crippen molar-refractivity contribution in [3.8, 4) is 0 Å². The number of hydrogen-bond donors (Lipinski definition) is 0. The van der Waals surface area contributed by atoms with Gasteiger partial charge in [0.25, 0.3) is 0 Å². The maximum atomic E-state index is 5.67. The fraction of sp³-hybridized carbons (Fsp3) is 1.00. The Labute approximate surface area is 101 Å². The SMILES string of the molecule is CC(C)N(C)CCOCCN1CCCCC1. The lowest BCUT2D eigenvalue weighted by molar-refractivity contribution is 0.0778. The highest BCUT2D eigenvalue weighted by Gasteiger charge is 2.09. The monoisotopic (exact) mass is 228 g/mol. The second-order valence-electron chi connectivity index (χ2n) is 5.09. The summed E-state index contributed by atoms with van der Waals surface area (Å²) in [5, 5.41) is 0. The summed E-state index contributed by atoms with van der Waals surface area (Å²) in [4.78, 5) is 4.84. The van der Waals surface area contributed by atoms with Gasteiger partial charge in [0.2, 0.25) is 0 Å². The van der Waals surface area contributed by atoms with Crippen LogP contribution in [-0.2, 0) is 4.74 Å². The van der Waals surface area contributed by atoms with Gasteiger partial charge in [-0.1, -0.05) is 6.42 Å². The highest BCUT2D eigenvalue weighted by Crippen LogP contribution is 2.07. The summed E-state index contributed by atoms with van der Waals surface area (Å²) in [6.07, 6.45) is 4.16. The zero-order valence-electron chi connectivity index (χ0n) is 11.2. The van der Waals surface area contributed by atoms with E-state index in [4.69, 9.17) is 4.74 Å². The highest BCUT2D eigenvalue weighted by atomic mass is 16.5. The Kier molecular flexibility index (Phi) is 7.01. The number of hydrogen-bond acceptors (Lipinski definition) is 3. The van der Waals surface area contributed by atoms with Crippen molar-refractivity contribution in [1.29, 1.82) is 0 Å². The standard InChI is InChI=1S/C13H28N2O/c1-13(2)14(3)9-11-16-12-10-15-7-5-4-6-8-15/h13H,4-12H2,1-3H3. The average Bonchev–Trinajstić information content (AvgIpc) is 2.29. The molecule has 1 rings (SSSR count). The fourth-order valence-corrected chi connectivity index (χ4v) is 1.95. The predicted octanol–water partition coefficient (Wildman–Crippen LogP) is 1.83. The van der Waals surface area contributed by atoms with Gasteiger partial charge < -0.3 is 14.5 Å². The molecule has 0 aromatic heterocycles. The Balaban J connectivity index is 1.91. The zero-order valence-corrected chi connectivity index (χ0v) is 11.2. The summed E-state index contributed by atoms with van der Waals surface area (Å²) >= 11 is 0. The van der Waals surface area contributed by atoms with Crippen molar-refractivity contribution in [3.63, 3.8) is 0 Å². The van der Waals surface area contributed by atoms with Gasteiger partial charge in [0.05, 0.1) is 13.2 Å². The first kappa shape index (κ1) is 13.9. The van der Waals surface area contributed by atoms with Gasteiger partial charge in [-0.3, -0.25) is 0 Å². The third kappa shape index (κ3) is 5.83. The zero-order chi connectivity index (χ0) is 11.8. The second-order valence-corrected chi connectivity index (χ2v) is 5.09. The van der Waals surface area contributed by atoms with Crippen molar-refractivity contribution >= 4 is 0 Å². The molecule has 3 nitrogen and oxygen atoms in total. The van der Waals surface area contributed by atoms with Crippen LogP contribution < -0.4 is 0 Å². The van der Waals surface area contributed by atoms with Crippen LogP contribution >= 0.6 is 0 Å². The van der Waals surface area contributed by atoms with E-state index < -0.39 is 0 Å². The molecule has 0 N–H and O–H groups in total. The van der Waals surface area contributed by atoms with Crippen molar-refractivity contribution in [3.05, 3.63) is 0 Å². The summed E-state index contributed by atoms with van der Waals surface area (Å²) in [6, 6.07) is 0.616. The Bertz CT molecular complexity index is 167. The molecular formula is C13H28N2O. The lowest BCUT2D eigenvalue weighted by atomic mass is 10.1. The first-order chi connectivity index (χ1) is 7.70. The number of nitrogens with zero attached hydrogens (tertiary/aromatic N) is 2. The van der Waals surface area contributed by atoms with E-state index >= 15 is 0 Å². The van der Waals surface area contributed by atoms with E-state index in [1.807, 2.05) is 0 Å². The molecule has 0 bridgehead atoms. The van der Waals surface area contributed by atoms with Crippen LogP contribution in [0.5, 0.6) is 0 Å². The van der Waals surface area contributed by atoms with E-state index in [1.165, 1.54) is 32.4 Å². The van der Waals surface area contributed by atoms with Crippen LogP contribution in [0, 0.1) is 0 Å². The molecule has 1 heterocycles. The largest absolute Gasteiger partial charge is 0.379 e.